The number of aromatic nitrogens is 2. The lowest BCUT2D eigenvalue weighted by Gasteiger charge is -2.02. The van der Waals surface area contributed by atoms with E-state index in [2.05, 4.69) is 9.83 Å². The van der Waals surface area contributed by atoms with Crippen molar-refractivity contribution in [3.8, 4) is 0 Å². The molecular weight excluding hydrogens is 178 g/mol. The van der Waals surface area contributed by atoms with Crippen LogP contribution in [-0.4, -0.2) is 9.55 Å². The molecule has 0 fully saturated rings. The number of hydrogen-bond donors (Lipinski definition) is 0. The Hall–Kier alpha value is -2.15. The third-order valence-electron chi connectivity index (χ3n) is 2.09. The lowest BCUT2D eigenvalue weighted by atomic mass is 10.2. The molecule has 0 saturated heterocycles. The summed E-state index contributed by atoms with van der Waals surface area (Å²) in [6, 6.07) is 5.09. The molecule has 4 heteroatoms. The van der Waals surface area contributed by atoms with Crippen molar-refractivity contribution in [3.63, 3.8) is 0 Å². The van der Waals surface area contributed by atoms with E-state index in [0.29, 0.717) is 11.2 Å². The van der Waals surface area contributed by atoms with E-state index in [1.807, 2.05) is 0 Å². The number of benzene rings is 1. The molecule has 0 atom stereocenters. The van der Waals surface area contributed by atoms with E-state index in [4.69, 9.17) is 6.57 Å². The van der Waals surface area contributed by atoms with Crippen LogP contribution >= 0.6 is 0 Å². The normalized spacial score (nSPS) is 10.0. The molecule has 14 heavy (non-hydrogen) atoms. The minimum absolute atomic E-state index is 0.167. The second-order valence-corrected chi connectivity index (χ2v) is 2.94. The zero-order valence-corrected chi connectivity index (χ0v) is 7.56. The topological polar surface area (TPSA) is 39.2 Å². The summed E-state index contributed by atoms with van der Waals surface area (Å²) < 4.78 is 1.48. The molecule has 1 aromatic heterocycles. The number of aryl methyl sites for hydroxylation is 1. The van der Waals surface area contributed by atoms with E-state index in [1.165, 1.54) is 10.8 Å². The van der Waals surface area contributed by atoms with Gasteiger partial charge in [-0.1, -0.05) is 6.07 Å². The number of rotatable bonds is 0. The highest BCUT2D eigenvalue weighted by molar-refractivity contribution is 5.78. The standard InChI is InChI=1S/C10H7N3O/c1-11-7-3-4-8-9(5-7)13(2)10(14)6-12-8/h3-6H,2H3. The Kier molecular flexibility index (Phi) is 1.79. The molecule has 1 heterocycles. The van der Waals surface area contributed by atoms with Crippen molar-refractivity contribution in [1.82, 2.24) is 9.55 Å². The van der Waals surface area contributed by atoms with Crippen LogP contribution in [0.4, 0.5) is 5.69 Å². The third kappa shape index (κ3) is 1.15. The van der Waals surface area contributed by atoms with Gasteiger partial charge in [0.05, 0.1) is 23.8 Å². The van der Waals surface area contributed by atoms with Gasteiger partial charge in [0.25, 0.3) is 5.56 Å². The molecule has 4 nitrogen and oxygen atoms in total. The Bertz CT molecular complexity index is 592. The zero-order chi connectivity index (χ0) is 10.1. The van der Waals surface area contributed by atoms with Gasteiger partial charge >= 0.3 is 0 Å². The van der Waals surface area contributed by atoms with Gasteiger partial charge in [-0.05, 0) is 12.1 Å². The molecule has 0 radical (unpaired) electrons. The fourth-order valence-electron chi connectivity index (χ4n) is 1.29. The maximum Gasteiger partial charge on any atom is 0.269 e. The lowest BCUT2D eigenvalue weighted by Crippen LogP contribution is -2.16. The van der Waals surface area contributed by atoms with Gasteiger partial charge in [0, 0.05) is 7.05 Å². The number of hydrogen-bond acceptors (Lipinski definition) is 2. The highest BCUT2D eigenvalue weighted by atomic mass is 16.1. The van der Waals surface area contributed by atoms with E-state index in [9.17, 15) is 4.79 Å². The molecule has 0 aliphatic heterocycles. The van der Waals surface area contributed by atoms with Crippen molar-refractivity contribution in [3.05, 3.63) is 46.2 Å². The van der Waals surface area contributed by atoms with Crippen LogP contribution in [0.15, 0.2) is 29.2 Å². The molecule has 0 saturated carbocycles. The van der Waals surface area contributed by atoms with Gasteiger partial charge in [-0.2, -0.15) is 0 Å². The fraction of sp³-hybridized carbons (Fsp3) is 0.100. The van der Waals surface area contributed by atoms with Gasteiger partial charge in [-0.15, -0.1) is 0 Å². The first kappa shape index (κ1) is 8.45. The van der Waals surface area contributed by atoms with Crippen molar-refractivity contribution in [2.75, 3.05) is 0 Å². The second-order valence-electron chi connectivity index (χ2n) is 2.94. The van der Waals surface area contributed by atoms with E-state index in [0.717, 1.165) is 5.52 Å². The average molecular weight is 185 g/mol. The SMILES string of the molecule is [C-]#[N+]c1ccc2ncc(=O)n(C)c2c1. The Morgan fingerprint density at radius 3 is 3.00 bits per heavy atom. The molecule has 1 aromatic carbocycles. The molecule has 0 N–H and O–H groups in total. The van der Waals surface area contributed by atoms with Crippen molar-refractivity contribution in [1.29, 1.82) is 0 Å². The van der Waals surface area contributed by atoms with E-state index >= 15 is 0 Å². The molecule has 0 spiro atoms. The first-order valence-corrected chi connectivity index (χ1v) is 4.05. The summed E-state index contributed by atoms with van der Waals surface area (Å²) in [6.07, 6.45) is 1.28. The predicted molar refractivity (Wildman–Crippen MR) is 53.2 cm³/mol. The smallest absolute Gasteiger partial charge is 0.269 e. The summed E-state index contributed by atoms with van der Waals surface area (Å²) in [5, 5.41) is 0. The molecule has 0 amide bonds. The maximum atomic E-state index is 11.3. The van der Waals surface area contributed by atoms with Crippen LogP contribution in [0.1, 0.15) is 0 Å². The largest absolute Gasteiger partial charge is 0.310 e. The molecule has 2 rings (SSSR count). The highest BCUT2D eigenvalue weighted by Crippen LogP contribution is 2.17. The minimum atomic E-state index is -0.167. The van der Waals surface area contributed by atoms with Crippen LogP contribution in [0.5, 0.6) is 0 Å². The monoisotopic (exact) mass is 185 g/mol. The lowest BCUT2D eigenvalue weighted by molar-refractivity contribution is 0.892. The summed E-state index contributed by atoms with van der Waals surface area (Å²) in [7, 11) is 1.67. The summed E-state index contributed by atoms with van der Waals surface area (Å²) >= 11 is 0. The first-order chi connectivity index (χ1) is 6.72. The molecule has 2 aromatic rings. The first-order valence-electron chi connectivity index (χ1n) is 4.05. The molecule has 68 valence electrons. The van der Waals surface area contributed by atoms with Gasteiger partial charge in [-0.3, -0.25) is 4.79 Å². The summed E-state index contributed by atoms with van der Waals surface area (Å²) in [5.74, 6) is 0. The van der Waals surface area contributed by atoms with E-state index < -0.39 is 0 Å². The van der Waals surface area contributed by atoms with Crippen LogP contribution in [-0.2, 0) is 7.05 Å². The van der Waals surface area contributed by atoms with Crippen LogP contribution in [0.25, 0.3) is 15.9 Å². The van der Waals surface area contributed by atoms with Crippen LogP contribution in [0.2, 0.25) is 0 Å². The Balaban J connectivity index is 2.93. The highest BCUT2D eigenvalue weighted by Gasteiger charge is 2.00. The van der Waals surface area contributed by atoms with Crippen molar-refractivity contribution in [2.45, 2.75) is 0 Å². The molecule has 0 unspecified atom stereocenters. The van der Waals surface area contributed by atoms with Gasteiger partial charge in [0.1, 0.15) is 0 Å². The zero-order valence-electron chi connectivity index (χ0n) is 7.56. The number of nitrogens with zero attached hydrogens (tertiary/aromatic N) is 3. The van der Waals surface area contributed by atoms with Gasteiger partial charge in [0.2, 0.25) is 0 Å². The van der Waals surface area contributed by atoms with Crippen molar-refractivity contribution in [2.24, 2.45) is 7.05 Å². The van der Waals surface area contributed by atoms with E-state index in [-0.39, 0.29) is 5.56 Å². The van der Waals surface area contributed by atoms with Gasteiger partial charge in [-0.25, -0.2) is 9.83 Å². The van der Waals surface area contributed by atoms with Crippen LogP contribution < -0.4 is 5.56 Å². The van der Waals surface area contributed by atoms with Gasteiger partial charge in [0.15, 0.2) is 5.69 Å². The van der Waals surface area contributed by atoms with Crippen LogP contribution in [0.3, 0.4) is 0 Å². The molecule has 0 aliphatic carbocycles. The summed E-state index contributed by atoms with van der Waals surface area (Å²) in [6.45, 7) is 6.86. The number of fused-ring (bicyclic) bond motifs is 1. The second kappa shape index (κ2) is 2.96. The van der Waals surface area contributed by atoms with E-state index in [1.54, 1.807) is 25.2 Å². The predicted octanol–water partition coefficient (Wildman–Crippen LogP) is 1.48. The Labute approximate surface area is 80.3 Å². The van der Waals surface area contributed by atoms with Crippen molar-refractivity contribution < 1.29 is 0 Å². The van der Waals surface area contributed by atoms with Crippen LogP contribution in [0, 0.1) is 6.57 Å². The average Bonchev–Trinajstić information content (AvgIpc) is 2.23. The maximum absolute atomic E-state index is 11.3. The van der Waals surface area contributed by atoms with Gasteiger partial charge < -0.3 is 4.57 Å². The third-order valence-corrected chi connectivity index (χ3v) is 2.09. The molecular formula is C10H7N3O. The quantitative estimate of drug-likeness (QED) is 0.583. The minimum Gasteiger partial charge on any atom is -0.310 e. The Morgan fingerprint density at radius 2 is 2.29 bits per heavy atom. The molecule has 0 bridgehead atoms. The summed E-state index contributed by atoms with van der Waals surface area (Å²) in [5.41, 5.74) is 1.76. The molecule has 0 aliphatic rings. The fourth-order valence-corrected chi connectivity index (χ4v) is 1.29. The van der Waals surface area contributed by atoms with Crippen molar-refractivity contribution >= 4 is 16.7 Å². The summed E-state index contributed by atoms with van der Waals surface area (Å²) in [4.78, 5) is 18.5. The Morgan fingerprint density at radius 1 is 1.50 bits per heavy atom.